The van der Waals surface area contributed by atoms with Crippen molar-refractivity contribution in [1.29, 1.82) is 0 Å². The monoisotopic (exact) mass is 292 g/mol. The van der Waals surface area contributed by atoms with Crippen LogP contribution >= 0.6 is 11.6 Å². The van der Waals surface area contributed by atoms with Gasteiger partial charge in [-0.15, -0.1) is 0 Å². The molecule has 5 heteroatoms. The summed E-state index contributed by atoms with van der Waals surface area (Å²) in [6.45, 7) is 4.13. The molecule has 1 aromatic carbocycles. The van der Waals surface area contributed by atoms with Crippen molar-refractivity contribution in [3.63, 3.8) is 0 Å². The van der Waals surface area contributed by atoms with Gasteiger partial charge in [0.05, 0.1) is 23.1 Å². The van der Waals surface area contributed by atoms with Crippen LogP contribution in [0.2, 0.25) is 5.28 Å². The van der Waals surface area contributed by atoms with Gasteiger partial charge in [-0.2, -0.15) is 4.98 Å². The third kappa shape index (κ3) is 2.86. The molecule has 1 aliphatic rings. The predicted octanol–water partition coefficient (Wildman–Crippen LogP) is 3.62. The molecule has 4 nitrogen and oxygen atoms in total. The number of halogens is 1. The lowest BCUT2D eigenvalue weighted by molar-refractivity contribution is -0.0726. The zero-order chi connectivity index (χ0) is 14.1. The zero-order valence-corrected chi connectivity index (χ0v) is 12.3. The minimum atomic E-state index is 0.100. The number of benzene rings is 1. The van der Waals surface area contributed by atoms with Crippen LogP contribution in [0.4, 0.5) is 0 Å². The number of hydrogen-bond donors (Lipinski definition) is 0. The summed E-state index contributed by atoms with van der Waals surface area (Å²) in [6.07, 6.45) is 2.23. The highest BCUT2D eigenvalue weighted by Crippen LogP contribution is 2.28. The molecule has 1 aromatic heterocycles. The summed E-state index contributed by atoms with van der Waals surface area (Å²) in [6, 6.07) is 7.73. The molecule has 0 radical (unpaired) electrons. The van der Waals surface area contributed by atoms with Crippen molar-refractivity contribution < 1.29 is 9.47 Å². The van der Waals surface area contributed by atoms with Gasteiger partial charge in [0.25, 0.3) is 0 Å². The quantitative estimate of drug-likeness (QED) is 0.793. The Morgan fingerprint density at radius 2 is 1.85 bits per heavy atom. The molecule has 1 aliphatic heterocycles. The number of rotatable bonds is 2. The summed E-state index contributed by atoms with van der Waals surface area (Å²) in [4.78, 5) is 8.45. The zero-order valence-electron chi connectivity index (χ0n) is 11.5. The fraction of sp³-hybridized carbons (Fsp3) is 0.467. The summed E-state index contributed by atoms with van der Waals surface area (Å²) in [5.74, 6) is 0.562. The number of fused-ring (bicyclic) bond motifs is 1. The van der Waals surface area contributed by atoms with Gasteiger partial charge in [0.1, 0.15) is 6.10 Å². The van der Waals surface area contributed by atoms with Gasteiger partial charge in [0, 0.05) is 12.8 Å². The first-order chi connectivity index (χ1) is 9.61. The Morgan fingerprint density at radius 1 is 1.15 bits per heavy atom. The molecule has 2 unspecified atom stereocenters. The molecule has 0 N–H and O–H groups in total. The van der Waals surface area contributed by atoms with E-state index >= 15 is 0 Å². The van der Waals surface area contributed by atoms with Gasteiger partial charge in [0.2, 0.25) is 11.2 Å². The Kier molecular flexibility index (Phi) is 3.76. The van der Waals surface area contributed by atoms with Gasteiger partial charge in [-0.25, -0.2) is 4.98 Å². The fourth-order valence-corrected chi connectivity index (χ4v) is 2.88. The normalized spacial score (nSPS) is 26.6. The summed E-state index contributed by atoms with van der Waals surface area (Å²) >= 11 is 5.97. The molecule has 0 amide bonds. The Hall–Kier alpha value is -1.39. The second kappa shape index (κ2) is 5.54. The van der Waals surface area contributed by atoms with Crippen LogP contribution in [-0.4, -0.2) is 28.3 Å². The van der Waals surface area contributed by atoms with Gasteiger partial charge in [-0.05, 0) is 37.6 Å². The lowest BCUT2D eigenvalue weighted by Gasteiger charge is -2.32. The number of hydrogen-bond acceptors (Lipinski definition) is 4. The van der Waals surface area contributed by atoms with Gasteiger partial charge < -0.3 is 9.47 Å². The highest BCUT2D eigenvalue weighted by Gasteiger charge is 2.26. The molecule has 2 aromatic rings. The SMILES string of the molecule is CC1CC(Oc2nc(Cl)nc3ccccc23)CC(C)O1. The van der Waals surface area contributed by atoms with E-state index in [0.29, 0.717) is 5.88 Å². The number of para-hydroxylation sites is 1. The highest BCUT2D eigenvalue weighted by molar-refractivity contribution is 6.28. The first-order valence-corrected chi connectivity index (χ1v) is 7.24. The summed E-state index contributed by atoms with van der Waals surface area (Å²) in [5.41, 5.74) is 0.802. The average Bonchev–Trinajstić information content (AvgIpc) is 2.37. The van der Waals surface area contributed by atoms with Crippen LogP contribution in [0.3, 0.4) is 0 Å². The summed E-state index contributed by atoms with van der Waals surface area (Å²) in [7, 11) is 0. The van der Waals surface area contributed by atoms with Crippen molar-refractivity contribution in [2.24, 2.45) is 0 Å². The first kappa shape index (κ1) is 13.6. The van der Waals surface area contributed by atoms with Crippen molar-refractivity contribution in [2.75, 3.05) is 0 Å². The van der Waals surface area contributed by atoms with Gasteiger partial charge in [-0.3, -0.25) is 0 Å². The molecule has 20 heavy (non-hydrogen) atoms. The molecular weight excluding hydrogens is 276 g/mol. The highest BCUT2D eigenvalue weighted by atomic mass is 35.5. The molecule has 1 fully saturated rings. The van der Waals surface area contributed by atoms with E-state index in [1.807, 2.05) is 24.3 Å². The van der Waals surface area contributed by atoms with Crippen molar-refractivity contribution in [3.05, 3.63) is 29.5 Å². The fourth-order valence-electron chi connectivity index (χ4n) is 2.71. The molecule has 2 heterocycles. The predicted molar refractivity (Wildman–Crippen MR) is 78.2 cm³/mol. The molecule has 0 saturated carbocycles. The van der Waals surface area contributed by atoms with Crippen LogP contribution in [0.25, 0.3) is 10.9 Å². The molecule has 2 atom stereocenters. The number of ether oxygens (including phenoxy) is 2. The van der Waals surface area contributed by atoms with Gasteiger partial charge >= 0.3 is 0 Å². The maximum atomic E-state index is 6.07. The van der Waals surface area contributed by atoms with E-state index in [0.717, 1.165) is 23.7 Å². The molecule has 0 aliphatic carbocycles. The van der Waals surface area contributed by atoms with Crippen molar-refractivity contribution >= 4 is 22.5 Å². The van der Waals surface area contributed by atoms with E-state index in [9.17, 15) is 0 Å². The molecule has 106 valence electrons. The van der Waals surface area contributed by atoms with Crippen molar-refractivity contribution in [2.45, 2.75) is 45.0 Å². The van der Waals surface area contributed by atoms with Crippen molar-refractivity contribution in [3.8, 4) is 5.88 Å². The Labute approximate surface area is 123 Å². The van der Waals surface area contributed by atoms with Crippen LogP contribution in [-0.2, 0) is 4.74 Å². The Balaban J connectivity index is 1.90. The lowest BCUT2D eigenvalue weighted by atomic mass is 10.0. The van der Waals surface area contributed by atoms with Crippen LogP contribution < -0.4 is 4.74 Å². The van der Waals surface area contributed by atoms with E-state index in [2.05, 4.69) is 23.8 Å². The molecule has 3 rings (SSSR count). The van der Waals surface area contributed by atoms with Crippen LogP contribution in [0.15, 0.2) is 24.3 Å². The minimum Gasteiger partial charge on any atom is -0.474 e. The molecule has 1 saturated heterocycles. The lowest BCUT2D eigenvalue weighted by Crippen LogP contribution is -2.35. The van der Waals surface area contributed by atoms with E-state index in [4.69, 9.17) is 21.1 Å². The third-order valence-corrected chi connectivity index (χ3v) is 3.64. The first-order valence-electron chi connectivity index (χ1n) is 6.86. The minimum absolute atomic E-state index is 0.100. The summed E-state index contributed by atoms with van der Waals surface area (Å²) < 4.78 is 11.8. The third-order valence-electron chi connectivity index (χ3n) is 3.47. The van der Waals surface area contributed by atoms with Crippen LogP contribution in [0.5, 0.6) is 5.88 Å². The largest absolute Gasteiger partial charge is 0.474 e. The number of aromatic nitrogens is 2. The summed E-state index contributed by atoms with van der Waals surface area (Å²) in [5, 5.41) is 1.11. The van der Waals surface area contributed by atoms with Crippen molar-refractivity contribution in [1.82, 2.24) is 9.97 Å². The molecule has 0 spiro atoms. The maximum Gasteiger partial charge on any atom is 0.226 e. The Bertz CT molecular complexity index is 610. The van der Waals surface area contributed by atoms with Crippen LogP contribution in [0.1, 0.15) is 26.7 Å². The van der Waals surface area contributed by atoms with E-state index in [-0.39, 0.29) is 23.6 Å². The maximum absolute atomic E-state index is 6.07. The van der Waals surface area contributed by atoms with E-state index < -0.39 is 0 Å². The van der Waals surface area contributed by atoms with Gasteiger partial charge in [0.15, 0.2) is 0 Å². The topological polar surface area (TPSA) is 44.2 Å². The standard InChI is InChI=1S/C15H17ClN2O2/c1-9-7-11(8-10(2)19-9)20-14-12-5-3-4-6-13(12)17-15(16)18-14/h3-6,9-11H,7-8H2,1-2H3. The molecule has 0 bridgehead atoms. The van der Waals surface area contributed by atoms with E-state index in [1.165, 1.54) is 0 Å². The second-order valence-electron chi connectivity index (χ2n) is 5.28. The molecular formula is C15H17ClN2O2. The van der Waals surface area contributed by atoms with Crippen LogP contribution in [0, 0.1) is 0 Å². The average molecular weight is 293 g/mol. The smallest absolute Gasteiger partial charge is 0.226 e. The number of nitrogens with zero attached hydrogens (tertiary/aromatic N) is 2. The van der Waals surface area contributed by atoms with E-state index in [1.54, 1.807) is 0 Å². The van der Waals surface area contributed by atoms with Gasteiger partial charge in [-0.1, -0.05) is 12.1 Å². The Morgan fingerprint density at radius 3 is 2.60 bits per heavy atom. The second-order valence-corrected chi connectivity index (χ2v) is 5.62.